The van der Waals surface area contributed by atoms with Crippen molar-refractivity contribution >= 4 is 23.4 Å². The fourth-order valence-corrected chi connectivity index (χ4v) is 4.82. The molecule has 6 nitrogen and oxygen atoms in total. The monoisotopic (exact) mass is 570 g/mol. The number of ether oxygens (including phenoxy) is 2. The molecule has 0 heterocycles. The average Bonchev–Trinajstić information content (AvgIpc) is 3.00. The number of hydrogen-bond donors (Lipinski definition) is 1. The van der Waals surface area contributed by atoms with Crippen LogP contribution >= 0.6 is 11.6 Å². The molecular formula is C34H35ClN2O4. The molecule has 0 aliphatic carbocycles. The Bertz CT molecular complexity index is 1410. The number of benzene rings is 4. The SMILES string of the molecule is COc1ccc(CCNC(=O)[C@H](Cc2ccccc2)N(Cc2ccc(Cl)cc2)C(=O)Cc2ccccc2)cc1OC. The molecule has 0 bridgehead atoms. The molecule has 0 aliphatic rings. The summed E-state index contributed by atoms with van der Waals surface area (Å²) in [6.45, 7) is 0.685. The standard InChI is InChI=1S/C34H35ClN2O4/c1-40-31-18-15-27(22-32(31)41-2)19-20-36-34(39)30(21-25-9-5-3-6-10-25)37(24-28-13-16-29(35)17-14-28)33(38)23-26-11-7-4-8-12-26/h3-18,22,30H,19-21,23-24H2,1-2H3,(H,36,39)/t30-/m0/s1. The van der Waals surface area contributed by atoms with E-state index in [2.05, 4.69) is 5.32 Å². The first-order valence-corrected chi connectivity index (χ1v) is 13.9. The van der Waals surface area contributed by atoms with Gasteiger partial charge in [0.25, 0.3) is 0 Å². The van der Waals surface area contributed by atoms with E-state index >= 15 is 0 Å². The third-order valence-corrected chi connectivity index (χ3v) is 7.15. The van der Waals surface area contributed by atoms with Crippen molar-refractivity contribution in [3.63, 3.8) is 0 Å². The number of nitrogens with one attached hydrogen (secondary N) is 1. The van der Waals surface area contributed by atoms with Crippen LogP contribution in [-0.2, 0) is 35.4 Å². The van der Waals surface area contributed by atoms with Crippen molar-refractivity contribution in [1.82, 2.24) is 10.2 Å². The van der Waals surface area contributed by atoms with Gasteiger partial charge in [-0.05, 0) is 52.9 Å². The Morgan fingerprint density at radius 2 is 1.37 bits per heavy atom. The van der Waals surface area contributed by atoms with Crippen molar-refractivity contribution in [2.45, 2.75) is 31.8 Å². The summed E-state index contributed by atoms with van der Waals surface area (Å²) >= 11 is 6.12. The highest BCUT2D eigenvalue weighted by atomic mass is 35.5. The summed E-state index contributed by atoms with van der Waals surface area (Å²) < 4.78 is 10.7. The highest BCUT2D eigenvalue weighted by Crippen LogP contribution is 2.27. The Labute approximate surface area is 246 Å². The lowest BCUT2D eigenvalue weighted by Crippen LogP contribution is -2.51. The summed E-state index contributed by atoms with van der Waals surface area (Å²) in [6, 6.07) is 31.7. The first-order chi connectivity index (χ1) is 20.0. The molecule has 0 aliphatic heterocycles. The fourth-order valence-electron chi connectivity index (χ4n) is 4.70. The van der Waals surface area contributed by atoms with Crippen molar-refractivity contribution in [2.24, 2.45) is 0 Å². The second-order valence-corrected chi connectivity index (χ2v) is 10.2. The lowest BCUT2D eigenvalue weighted by Gasteiger charge is -2.32. The topological polar surface area (TPSA) is 67.9 Å². The number of amides is 2. The fraction of sp³-hybridized carbons (Fsp3) is 0.235. The van der Waals surface area contributed by atoms with Crippen molar-refractivity contribution in [3.8, 4) is 11.5 Å². The van der Waals surface area contributed by atoms with Gasteiger partial charge >= 0.3 is 0 Å². The zero-order valence-electron chi connectivity index (χ0n) is 23.4. The molecule has 2 amide bonds. The van der Waals surface area contributed by atoms with E-state index in [1.165, 1.54) is 0 Å². The molecule has 41 heavy (non-hydrogen) atoms. The highest BCUT2D eigenvalue weighted by molar-refractivity contribution is 6.30. The predicted octanol–water partition coefficient (Wildman–Crippen LogP) is 5.90. The van der Waals surface area contributed by atoms with Gasteiger partial charge < -0.3 is 19.7 Å². The lowest BCUT2D eigenvalue weighted by molar-refractivity contribution is -0.140. The summed E-state index contributed by atoms with van der Waals surface area (Å²) in [7, 11) is 3.19. The highest BCUT2D eigenvalue weighted by Gasteiger charge is 2.30. The Morgan fingerprint density at radius 1 is 0.756 bits per heavy atom. The van der Waals surface area contributed by atoms with E-state index in [9.17, 15) is 9.59 Å². The average molecular weight is 571 g/mol. The van der Waals surface area contributed by atoms with Crippen LogP contribution in [0.1, 0.15) is 22.3 Å². The number of rotatable bonds is 13. The number of carbonyl (C=O) groups excluding carboxylic acids is 2. The molecular weight excluding hydrogens is 536 g/mol. The van der Waals surface area contributed by atoms with Gasteiger partial charge in [0.05, 0.1) is 20.6 Å². The van der Waals surface area contributed by atoms with Crippen LogP contribution in [0.25, 0.3) is 0 Å². The maximum atomic E-state index is 13.8. The minimum absolute atomic E-state index is 0.123. The first kappa shape index (κ1) is 29.7. The Kier molecular flexibility index (Phi) is 10.8. The number of methoxy groups -OCH3 is 2. The molecule has 0 spiro atoms. The van der Waals surface area contributed by atoms with E-state index in [1.54, 1.807) is 31.3 Å². The predicted molar refractivity (Wildman–Crippen MR) is 162 cm³/mol. The van der Waals surface area contributed by atoms with Crippen molar-refractivity contribution in [2.75, 3.05) is 20.8 Å². The zero-order valence-corrected chi connectivity index (χ0v) is 24.1. The van der Waals surface area contributed by atoms with Crippen LogP contribution in [0.2, 0.25) is 5.02 Å². The summed E-state index contributed by atoms with van der Waals surface area (Å²) in [5, 5.41) is 3.70. The molecule has 212 valence electrons. The quantitative estimate of drug-likeness (QED) is 0.217. The minimum atomic E-state index is -0.713. The summed E-state index contributed by atoms with van der Waals surface area (Å²) in [6.07, 6.45) is 1.18. The molecule has 7 heteroatoms. The number of halogens is 1. The molecule has 0 radical (unpaired) electrons. The van der Waals surface area contributed by atoms with Gasteiger partial charge in [-0.25, -0.2) is 0 Å². The van der Waals surface area contributed by atoms with Gasteiger partial charge in [-0.1, -0.05) is 90.5 Å². The van der Waals surface area contributed by atoms with E-state index in [0.717, 1.165) is 22.3 Å². The van der Waals surface area contributed by atoms with Crippen molar-refractivity contribution in [1.29, 1.82) is 0 Å². The molecule has 0 saturated heterocycles. The van der Waals surface area contributed by atoms with Crippen LogP contribution in [0.3, 0.4) is 0 Å². The summed E-state index contributed by atoms with van der Waals surface area (Å²) in [5.74, 6) is 0.962. The second kappa shape index (κ2) is 14.9. The molecule has 1 N–H and O–H groups in total. The number of carbonyl (C=O) groups is 2. The third kappa shape index (κ3) is 8.60. The summed E-state index contributed by atoms with van der Waals surface area (Å²) in [5.41, 5.74) is 3.76. The van der Waals surface area contributed by atoms with Crippen LogP contribution in [-0.4, -0.2) is 43.5 Å². The van der Waals surface area contributed by atoms with E-state index < -0.39 is 6.04 Å². The second-order valence-electron chi connectivity index (χ2n) is 9.75. The van der Waals surface area contributed by atoms with Crippen molar-refractivity contribution < 1.29 is 19.1 Å². The van der Waals surface area contributed by atoms with Gasteiger partial charge in [-0.3, -0.25) is 9.59 Å². The summed E-state index contributed by atoms with van der Waals surface area (Å²) in [4.78, 5) is 29.4. The van der Waals surface area contributed by atoms with E-state index in [0.29, 0.717) is 35.9 Å². The van der Waals surface area contributed by atoms with Gasteiger partial charge in [0.15, 0.2) is 11.5 Å². The molecule has 0 unspecified atom stereocenters. The Hall–Kier alpha value is -4.29. The van der Waals surface area contributed by atoms with Gasteiger partial charge in [0.2, 0.25) is 11.8 Å². The molecule has 4 rings (SSSR count). The number of hydrogen-bond acceptors (Lipinski definition) is 4. The third-order valence-electron chi connectivity index (χ3n) is 6.90. The molecule has 4 aromatic rings. The smallest absolute Gasteiger partial charge is 0.243 e. The van der Waals surface area contributed by atoms with E-state index in [4.69, 9.17) is 21.1 Å². The van der Waals surface area contributed by atoms with Crippen molar-refractivity contribution in [3.05, 3.63) is 130 Å². The van der Waals surface area contributed by atoms with Crippen LogP contribution in [0.5, 0.6) is 11.5 Å². The zero-order chi connectivity index (χ0) is 29.0. The number of nitrogens with zero attached hydrogens (tertiary/aromatic N) is 1. The molecule has 1 atom stereocenters. The lowest BCUT2D eigenvalue weighted by atomic mass is 10.0. The minimum Gasteiger partial charge on any atom is -0.493 e. The van der Waals surface area contributed by atoms with Gasteiger partial charge in [0.1, 0.15) is 6.04 Å². The van der Waals surface area contributed by atoms with Crippen LogP contribution < -0.4 is 14.8 Å². The Morgan fingerprint density at radius 3 is 2.00 bits per heavy atom. The van der Waals surface area contributed by atoms with Gasteiger partial charge in [-0.2, -0.15) is 0 Å². The first-order valence-electron chi connectivity index (χ1n) is 13.6. The molecule has 4 aromatic carbocycles. The largest absolute Gasteiger partial charge is 0.493 e. The molecule has 0 aromatic heterocycles. The van der Waals surface area contributed by atoms with E-state index in [-0.39, 0.29) is 24.8 Å². The van der Waals surface area contributed by atoms with Crippen LogP contribution in [0.4, 0.5) is 0 Å². The van der Waals surface area contributed by atoms with Gasteiger partial charge in [0, 0.05) is 24.5 Å². The molecule has 0 fully saturated rings. The van der Waals surface area contributed by atoms with E-state index in [1.807, 2.05) is 91.0 Å². The molecule has 0 saturated carbocycles. The maximum Gasteiger partial charge on any atom is 0.243 e. The normalized spacial score (nSPS) is 11.4. The maximum absolute atomic E-state index is 13.8. The van der Waals surface area contributed by atoms with Crippen LogP contribution in [0, 0.1) is 0 Å². The van der Waals surface area contributed by atoms with Crippen LogP contribution in [0.15, 0.2) is 103 Å². The Balaban J connectivity index is 1.57. The van der Waals surface area contributed by atoms with Gasteiger partial charge in [-0.15, -0.1) is 0 Å².